The van der Waals surface area contributed by atoms with Gasteiger partial charge in [0.15, 0.2) is 5.82 Å². The molecule has 2 aliphatic rings. The molecule has 10 heteroatoms. The zero-order chi connectivity index (χ0) is 29.4. The second-order valence-electron chi connectivity index (χ2n) is 11.2. The van der Waals surface area contributed by atoms with Gasteiger partial charge in [-0.3, -0.25) is 24.0 Å². The third-order valence-electron chi connectivity index (χ3n) is 8.04. The van der Waals surface area contributed by atoms with Crippen molar-refractivity contribution in [3.05, 3.63) is 86.1 Å². The lowest BCUT2D eigenvalue weighted by Gasteiger charge is -2.33. The standard InChI is InChI=1S/C31H36F2N6O2/c1-18(13-23-19(2)35-10-6-27(23)39-17-25(33)29-22(31(39)41)5-9-36-29)16-38-11-7-20(8-12-38)28-24(32)14-21(15-26(28)34)30(40)37(3)4/h6,10,13-15,17,20,36H,5,7-9,11-12,16,34H2,1-4H3/b18-13+. The average molecular weight is 563 g/mol. The van der Waals surface area contributed by atoms with Gasteiger partial charge in [0.05, 0.1) is 17.6 Å². The van der Waals surface area contributed by atoms with Crippen LogP contribution in [0, 0.1) is 18.6 Å². The number of carbonyl (C=O) groups is 1. The number of hydrogen-bond donors (Lipinski definition) is 2. The van der Waals surface area contributed by atoms with Gasteiger partial charge in [0.2, 0.25) is 0 Å². The van der Waals surface area contributed by atoms with Crippen molar-refractivity contribution < 1.29 is 13.6 Å². The number of rotatable bonds is 6. The molecule has 4 heterocycles. The lowest BCUT2D eigenvalue weighted by molar-refractivity contribution is 0.0827. The summed E-state index contributed by atoms with van der Waals surface area (Å²) in [6.07, 6.45) is 6.86. The molecule has 1 fully saturated rings. The SMILES string of the molecule is C/C(=C\c1c(-n2cc(F)c3c(c2=O)CCN3)ccnc1C)CN1CCC(c2c(N)cc(C(=O)N(C)C)cc2F)CC1. The Morgan fingerprint density at radius 1 is 1.22 bits per heavy atom. The van der Waals surface area contributed by atoms with E-state index in [2.05, 4.69) is 15.2 Å². The molecule has 0 saturated carbocycles. The van der Waals surface area contributed by atoms with E-state index in [1.165, 1.54) is 21.7 Å². The van der Waals surface area contributed by atoms with Crippen LogP contribution in [0.1, 0.15) is 58.4 Å². The number of halogens is 2. The maximum atomic E-state index is 15.1. The first-order chi connectivity index (χ1) is 19.5. The highest BCUT2D eigenvalue weighted by Crippen LogP contribution is 2.35. The van der Waals surface area contributed by atoms with Gasteiger partial charge < -0.3 is 16.0 Å². The smallest absolute Gasteiger partial charge is 0.260 e. The molecule has 1 amide bonds. The van der Waals surface area contributed by atoms with Gasteiger partial charge in [0, 0.05) is 67.0 Å². The zero-order valence-electron chi connectivity index (χ0n) is 23.9. The predicted octanol–water partition coefficient (Wildman–Crippen LogP) is 4.35. The highest BCUT2D eigenvalue weighted by molar-refractivity contribution is 5.95. The Balaban J connectivity index is 1.32. The van der Waals surface area contributed by atoms with Gasteiger partial charge in [-0.15, -0.1) is 0 Å². The summed E-state index contributed by atoms with van der Waals surface area (Å²) in [5.74, 6) is -1.19. The molecule has 3 aromatic rings. The molecule has 1 saturated heterocycles. The maximum absolute atomic E-state index is 15.1. The molecule has 0 unspecified atom stereocenters. The van der Waals surface area contributed by atoms with Crippen LogP contribution >= 0.6 is 0 Å². The van der Waals surface area contributed by atoms with E-state index in [0.29, 0.717) is 47.7 Å². The van der Waals surface area contributed by atoms with Crippen molar-refractivity contribution in [1.82, 2.24) is 19.4 Å². The molecule has 3 N–H and O–H groups in total. The molecule has 41 heavy (non-hydrogen) atoms. The molecule has 1 aromatic carbocycles. The highest BCUT2D eigenvalue weighted by atomic mass is 19.1. The lowest BCUT2D eigenvalue weighted by Crippen LogP contribution is -2.34. The molecule has 0 aliphatic carbocycles. The number of hydrogen-bond acceptors (Lipinski definition) is 6. The Hall–Kier alpha value is -4.05. The number of anilines is 2. The molecule has 0 atom stereocenters. The summed E-state index contributed by atoms with van der Waals surface area (Å²) in [5, 5.41) is 2.96. The minimum Gasteiger partial charge on any atom is -0.398 e. The monoisotopic (exact) mass is 562 g/mol. The van der Waals surface area contributed by atoms with Crippen LogP contribution in [0.3, 0.4) is 0 Å². The number of aromatic nitrogens is 2. The highest BCUT2D eigenvalue weighted by Gasteiger charge is 2.27. The van der Waals surface area contributed by atoms with E-state index in [0.717, 1.165) is 42.8 Å². The van der Waals surface area contributed by atoms with Crippen LogP contribution < -0.4 is 16.6 Å². The van der Waals surface area contributed by atoms with Gasteiger partial charge in [0.25, 0.3) is 11.5 Å². The van der Waals surface area contributed by atoms with Crippen molar-refractivity contribution in [2.75, 3.05) is 51.3 Å². The summed E-state index contributed by atoms with van der Waals surface area (Å²) in [6.45, 7) is 6.65. The summed E-state index contributed by atoms with van der Waals surface area (Å²) < 4.78 is 31.3. The Morgan fingerprint density at radius 3 is 2.63 bits per heavy atom. The van der Waals surface area contributed by atoms with E-state index in [1.54, 1.807) is 32.4 Å². The number of aryl methyl sites for hydroxylation is 1. The number of piperidine rings is 1. The Kier molecular flexibility index (Phi) is 7.95. The molecule has 2 aliphatic heterocycles. The molecule has 8 nitrogen and oxygen atoms in total. The van der Waals surface area contributed by atoms with Crippen molar-refractivity contribution in [2.45, 2.75) is 39.0 Å². The van der Waals surface area contributed by atoms with Crippen LogP contribution in [0.2, 0.25) is 0 Å². The average Bonchev–Trinajstić information content (AvgIpc) is 3.43. The maximum Gasteiger partial charge on any atom is 0.260 e. The van der Waals surface area contributed by atoms with Crippen LogP contribution in [-0.4, -0.2) is 65.5 Å². The molecular weight excluding hydrogens is 526 g/mol. The summed E-state index contributed by atoms with van der Waals surface area (Å²) in [6, 6.07) is 4.60. The second-order valence-corrected chi connectivity index (χ2v) is 11.2. The number of carbonyl (C=O) groups excluding carboxylic acids is 1. The van der Waals surface area contributed by atoms with Gasteiger partial charge in [-0.05, 0) is 70.3 Å². The van der Waals surface area contributed by atoms with Crippen molar-refractivity contribution >= 4 is 23.4 Å². The second kappa shape index (κ2) is 11.4. The zero-order valence-corrected chi connectivity index (χ0v) is 23.9. The summed E-state index contributed by atoms with van der Waals surface area (Å²) in [7, 11) is 3.24. The lowest BCUT2D eigenvalue weighted by atomic mass is 9.87. The van der Waals surface area contributed by atoms with Crippen LogP contribution in [-0.2, 0) is 6.42 Å². The van der Waals surface area contributed by atoms with Crippen molar-refractivity contribution in [3.8, 4) is 5.69 Å². The fourth-order valence-electron chi connectivity index (χ4n) is 5.98. The van der Waals surface area contributed by atoms with Crippen molar-refractivity contribution in [3.63, 3.8) is 0 Å². The number of nitrogen functional groups attached to an aromatic ring is 1. The topological polar surface area (TPSA) is 96.5 Å². The Bertz CT molecular complexity index is 1570. The molecule has 2 aromatic heterocycles. The largest absolute Gasteiger partial charge is 0.398 e. The van der Waals surface area contributed by atoms with Crippen LogP contribution in [0.4, 0.5) is 20.2 Å². The quantitative estimate of drug-likeness (QED) is 0.434. The van der Waals surface area contributed by atoms with Crippen molar-refractivity contribution in [2.24, 2.45) is 0 Å². The number of nitrogens with two attached hydrogens (primary N) is 1. The van der Waals surface area contributed by atoms with E-state index in [9.17, 15) is 14.0 Å². The van der Waals surface area contributed by atoms with Gasteiger partial charge in [-0.1, -0.05) is 11.6 Å². The minimum absolute atomic E-state index is 0.0257. The molecular formula is C31H36F2N6O2. The molecule has 0 spiro atoms. The van der Waals surface area contributed by atoms with Gasteiger partial charge >= 0.3 is 0 Å². The third kappa shape index (κ3) is 5.61. The first-order valence-electron chi connectivity index (χ1n) is 13.9. The fraction of sp³-hybridized carbons (Fsp3) is 0.387. The number of nitrogens with zero attached hydrogens (tertiary/aromatic N) is 4. The normalized spacial score (nSPS) is 16.0. The molecule has 5 rings (SSSR count). The van der Waals surface area contributed by atoms with E-state index in [-0.39, 0.29) is 22.9 Å². The number of pyridine rings is 2. The van der Waals surface area contributed by atoms with Crippen LogP contribution in [0.15, 0.2) is 41.0 Å². The predicted molar refractivity (Wildman–Crippen MR) is 158 cm³/mol. The molecule has 0 radical (unpaired) electrons. The summed E-state index contributed by atoms with van der Waals surface area (Å²) in [4.78, 5) is 33.6. The number of likely N-dealkylation sites (tertiary alicyclic amines) is 1. The third-order valence-corrected chi connectivity index (χ3v) is 8.04. The summed E-state index contributed by atoms with van der Waals surface area (Å²) >= 11 is 0. The summed E-state index contributed by atoms with van der Waals surface area (Å²) in [5.41, 5.74) is 11.0. The van der Waals surface area contributed by atoms with Crippen molar-refractivity contribution in [1.29, 1.82) is 0 Å². The van der Waals surface area contributed by atoms with E-state index in [1.807, 2.05) is 19.9 Å². The Morgan fingerprint density at radius 2 is 1.95 bits per heavy atom. The minimum atomic E-state index is -0.447. The van der Waals surface area contributed by atoms with Gasteiger partial charge in [-0.25, -0.2) is 8.78 Å². The molecule has 216 valence electrons. The van der Waals surface area contributed by atoms with Gasteiger partial charge in [-0.2, -0.15) is 0 Å². The van der Waals surface area contributed by atoms with E-state index in [4.69, 9.17) is 5.73 Å². The van der Waals surface area contributed by atoms with Crippen LogP contribution in [0.5, 0.6) is 0 Å². The van der Waals surface area contributed by atoms with Gasteiger partial charge in [0.1, 0.15) is 5.82 Å². The van der Waals surface area contributed by atoms with E-state index < -0.39 is 11.6 Å². The van der Waals surface area contributed by atoms with Crippen LogP contribution in [0.25, 0.3) is 11.8 Å². The fourth-order valence-corrected chi connectivity index (χ4v) is 5.98. The number of fused-ring (bicyclic) bond motifs is 1. The number of benzene rings is 1. The first-order valence-corrected chi connectivity index (χ1v) is 13.9. The number of amides is 1. The first kappa shape index (κ1) is 28.5. The van der Waals surface area contributed by atoms with E-state index >= 15 is 4.39 Å². The molecule has 0 bridgehead atoms. The Labute approximate surface area is 238 Å². The number of nitrogens with one attached hydrogen (secondary N) is 1.